The molecule has 2 heterocycles. The summed E-state index contributed by atoms with van der Waals surface area (Å²) in [4.78, 5) is 19.8. The van der Waals surface area contributed by atoms with Gasteiger partial charge in [-0.05, 0) is 62.0 Å². The number of benzene rings is 2. The number of hydrogen-bond donors (Lipinski definition) is 1. The third-order valence-corrected chi connectivity index (χ3v) is 10.1. The van der Waals surface area contributed by atoms with E-state index in [2.05, 4.69) is 38.8 Å². The van der Waals surface area contributed by atoms with Gasteiger partial charge in [-0.2, -0.15) is 0 Å². The van der Waals surface area contributed by atoms with Crippen molar-refractivity contribution in [1.82, 2.24) is 14.5 Å². The Morgan fingerprint density at radius 1 is 1.08 bits per heavy atom. The Morgan fingerprint density at radius 3 is 2.49 bits per heavy atom. The summed E-state index contributed by atoms with van der Waals surface area (Å²) in [6.07, 6.45) is 3.35. The zero-order valence-electron chi connectivity index (χ0n) is 24.4. The minimum Gasteiger partial charge on any atom is -0.445 e. The fraction of sp³-hybridized carbons (Fsp3) is 0.548. The first-order chi connectivity index (χ1) is 18.3. The number of rotatable bonds is 9. The maximum Gasteiger partial charge on any atom is 0.410 e. The minimum absolute atomic E-state index is 0.155. The number of piperidine rings is 1. The molecule has 1 unspecified atom stereocenters. The summed E-state index contributed by atoms with van der Waals surface area (Å²) in [6, 6.07) is 18.4. The Morgan fingerprint density at radius 2 is 1.77 bits per heavy atom. The highest BCUT2D eigenvalue weighted by Crippen LogP contribution is 2.35. The molecule has 0 aliphatic carbocycles. The average molecular weight is 552 g/mol. The number of amides is 1. The number of nitrogens with zero attached hydrogens (tertiary/aromatic N) is 3. The smallest absolute Gasteiger partial charge is 0.410 e. The maximum atomic E-state index is 13.5. The molecule has 212 valence electrons. The molecule has 2 aromatic carbocycles. The summed E-state index contributed by atoms with van der Waals surface area (Å²) in [5.74, 6) is 0. The van der Waals surface area contributed by atoms with E-state index < -0.39 is 13.9 Å². The molecule has 0 saturated carbocycles. The normalized spacial score (nSPS) is 20.1. The Labute approximate surface area is 234 Å². The zero-order valence-corrected chi connectivity index (χ0v) is 25.4. The molecule has 0 bridgehead atoms. The monoisotopic (exact) mass is 551 g/mol. The molecule has 1 saturated heterocycles. The van der Waals surface area contributed by atoms with E-state index >= 15 is 0 Å². The molecular formula is C31H45N3O4Si. The molecule has 0 radical (unpaired) electrons. The van der Waals surface area contributed by atoms with Crippen LogP contribution in [-0.2, 0) is 22.3 Å². The molecule has 8 heteroatoms. The van der Waals surface area contributed by atoms with Gasteiger partial charge in [0.25, 0.3) is 0 Å². The Bertz CT molecular complexity index is 1240. The number of aliphatic hydroxyl groups is 1. The molecule has 0 spiro atoms. The molecule has 1 aliphatic heterocycles. The van der Waals surface area contributed by atoms with Crippen molar-refractivity contribution in [3.05, 3.63) is 66.5 Å². The molecule has 4 rings (SSSR count). The van der Waals surface area contributed by atoms with E-state index in [9.17, 15) is 9.90 Å². The van der Waals surface area contributed by atoms with Crippen LogP contribution in [0.3, 0.4) is 0 Å². The van der Waals surface area contributed by atoms with Crippen molar-refractivity contribution in [2.75, 3.05) is 6.54 Å². The zero-order chi connectivity index (χ0) is 28.3. The number of carbonyl (C=O) groups excluding carboxylic acids is 1. The number of ether oxygens (including phenoxy) is 1. The average Bonchev–Trinajstić information content (AvgIpc) is 3.24. The summed E-state index contributed by atoms with van der Waals surface area (Å²) in [7, 11) is -2.05. The highest BCUT2D eigenvalue weighted by Gasteiger charge is 2.43. The number of hydrogen-bond acceptors (Lipinski definition) is 5. The summed E-state index contributed by atoms with van der Waals surface area (Å²) < 4.78 is 14.7. The molecule has 3 atom stereocenters. The number of aromatic nitrogens is 2. The van der Waals surface area contributed by atoms with Crippen LogP contribution in [0.4, 0.5) is 4.79 Å². The Balaban J connectivity index is 1.56. The van der Waals surface area contributed by atoms with Crippen LogP contribution in [0.1, 0.15) is 52.5 Å². The van der Waals surface area contributed by atoms with Gasteiger partial charge in [-0.25, -0.2) is 9.78 Å². The second-order valence-electron chi connectivity index (χ2n) is 13.2. The van der Waals surface area contributed by atoms with Gasteiger partial charge in [0.1, 0.15) is 6.61 Å². The second-order valence-corrected chi connectivity index (χ2v) is 17.3. The van der Waals surface area contributed by atoms with Crippen LogP contribution in [0, 0.1) is 5.41 Å². The molecule has 1 fully saturated rings. The van der Waals surface area contributed by atoms with Crippen molar-refractivity contribution in [1.29, 1.82) is 0 Å². The lowest BCUT2D eigenvalue weighted by Crippen LogP contribution is -2.57. The fourth-order valence-corrected chi connectivity index (χ4v) is 9.91. The Hall–Kier alpha value is -2.68. The van der Waals surface area contributed by atoms with Crippen molar-refractivity contribution in [2.45, 2.75) is 97.0 Å². The lowest BCUT2D eigenvalue weighted by molar-refractivity contribution is -0.0432. The first-order valence-corrected chi connectivity index (χ1v) is 17.2. The third-order valence-electron chi connectivity index (χ3n) is 7.27. The Kier molecular flexibility index (Phi) is 8.88. The van der Waals surface area contributed by atoms with Gasteiger partial charge in [0, 0.05) is 13.0 Å². The first kappa shape index (κ1) is 29.3. The second kappa shape index (κ2) is 11.8. The quantitative estimate of drug-likeness (QED) is 0.303. The van der Waals surface area contributed by atoms with Crippen LogP contribution in [0.25, 0.3) is 11.0 Å². The highest BCUT2D eigenvalue weighted by molar-refractivity contribution is 6.71. The molecular weight excluding hydrogens is 506 g/mol. The molecule has 1 N–H and O–H groups in total. The first-order valence-electron chi connectivity index (χ1n) is 14.1. The van der Waals surface area contributed by atoms with E-state index in [0.29, 0.717) is 19.5 Å². The molecule has 39 heavy (non-hydrogen) atoms. The van der Waals surface area contributed by atoms with Crippen LogP contribution in [0.2, 0.25) is 19.1 Å². The van der Waals surface area contributed by atoms with E-state index in [0.717, 1.165) is 35.5 Å². The number of imidazole rings is 1. The van der Waals surface area contributed by atoms with Crippen molar-refractivity contribution in [2.24, 2.45) is 5.41 Å². The van der Waals surface area contributed by atoms with Gasteiger partial charge >= 0.3 is 6.09 Å². The fourth-order valence-electron chi connectivity index (χ4n) is 6.18. The van der Waals surface area contributed by atoms with Gasteiger partial charge in [-0.1, -0.05) is 63.2 Å². The van der Waals surface area contributed by atoms with Crippen molar-refractivity contribution in [3.63, 3.8) is 0 Å². The minimum atomic E-state index is -2.05. The maximum absolute atomic E-state index is 13.5. The number of fused-ring (bicyclic) bond motifs is 1. The lowest BCUT2D eigenvalue weighted by Gasteiger charge is -2.46. The SMILES string of the molecule is CC(C)(C)C[Si](C)(C)O[C@H]1CCCN(C(=O)OCc2ccccc2)[C@@H]1CC(C)(O)Cn1cnc2ccccc21. The third kappa shape index (κ3) is 8.16. The summed E-state index contributed by atoms with van der Waals surface area (Å²) >= 11 is 0. The number of likely N-dealkylation sites (tertiary alicyclic amines) is 1. The molecule has 1 aromatic heterocycles. The largest absolute Gasteiger partial charge is 0.445 e. The van der Waals surface area contributed by atoms with Gasteiger partial charge in [-0.15, -0.1) is 0 Å². The standard InChI is InChI=1S/C31H45N3O4Si/c1-30(2,3)22-39(5,6)38-28-17-12-18-34(29(35)37-20-24-13-8-7-9-14-24)27(28)19-31(4,36)21-33-23-32-25-15-10-11-16-26(25)33/h7-11,13-16,23,27-28,36H,12,17-22H2,1-6H3/t27-,28+,31?/m1/s1. The summed E-state index contributed by atoms with van der Waals surface area (Å²) in [5, 5.41) is 11.7. The van der Waals surface area contributed by atoms with Gasteiger partial charge < -0.3 is 23.7 Å². The van der Waals surface area contributed by atoms with Crippen LogP contribution in [-0.4, -0.2) is 58.3 Å². The van der Waals surface area contributed by atoms with Crippen LogP contribution in [0.15, 0.2) is 60.9 Å². The molecule has 1 aliphatic rings. The van der Waals surface area contributed by atoms with Gasteiger partial charge in [0.15, 0.2) is 8.32 Å². The van der Waals surface area contributed by atoms with E-state index in [1.165, 1.54) is 0 Å². The van der Waals surface area contributed by atoms with Crippen molar-refractivity contribution >= 4 is 25.4 Å². The van der Waals surface area contributed by atoms with E-state index in [1.54, 1.807) is 11.2 Å². The van der Waals surface area contributed by atoms with Crippen LogP contribution < -0.4 is 0 Å². The molecule has 1 amide bonds. The summed E-state index contributed by atoms with van der Waals surface area (Å²) in [6.45, 7) is 14.3. The summed E-state index contributed by atoms with van der Waals surface area (Å²) in [5.41, 5.74) is 1.88. The van der Waals surface area contributed by atoms with Gasteiger partial charge in [-0.3, -0.25) is 0 Å². The van der Waals surface area contributed by atoms with E-state index in [4.69, 9.17) is 9.16 Å². The van der Waals surface area contributed by atoms with Gasteiger partial charge in [0.2, 0.25) is 0 Å². The van der Waals surface area contributed by atoms with E-state index in [1.807, 2.05) is 66.1 Å². The van der Waals surface area contributed by atoms with Crippen LogP contribution >= 0.6 is 0 Å². The van der Waals surface area contributed by atoms with Crippen molar-refractivity contribution < 1.29 is 19.1 Å². The predicted molar refractivity (Wildman–Crippen MR) is 158 cm³/mol. The van der Waals surface area contributed by atoms with Crippen LogP contribution in [0.5, 0.6) is 0 Å². The highest BCUT2D eigenvalue weighted by atomic mass is 28.4. The molecule has 7 nitrogen and oxygen atoms in total. The van der Waals surface area contributed by atoms with E-state index in [-0.39, 0.29) is 30.3 Å². The van der Waals surface area contributed by atoms with Crippen molar-refractivity contribution in [3.8, 4) is 0 Å². The number of carbonyl (C=O) groups is 1. The number of para-hydroxylation sites is 2. The predicted octanol–water partition coefficient (Wildman–Crippen LogP) is 6.62. The lowest BCUT2D eigenvalue weighted by atomic mass is 9.88. The van der Waals surface area contributed by atoms with Gasteiger partial charge in [0.05, 0.1) is 41.7 Å². The topological polar surface area (TPSA) is 76.8 Å². The molecule has 3 aromatic rings.